The number of carbonyl (C=O) groups excluding carboxylic acids is 1. The van der Waals surface area contributed by atoms with E-state index in [0.29, 0.717) is 17.8 Å². The maximum atomic E-state index is 12.0. The number of nitrogens with zero attached hydrogens (tertiary/aromatic N) is 1. The van der Waals surface area contributed by atoms with Crippen molar-refractivity contribution in [3.63, 3.8) is 0 Å². The first-order valence-electron chi connectivity index (χ1n) is 6.95. The molecule has 1 amide bonds. The van der Waals surface area contributed by atoms with E-state index >= 15 is 0 Å². The Kier molecular flexibility index (Phi) is 3.70. The third kappa shape index (κ3) is 2.88. The molecule has 0 aliphatic rings. The number of aryl methyl sites for hydroxylation is 1. The molecule has 2 heterocycles. The highest BCUT2D eigenvalue weighted by molar-refractivity contribution is 5.92. The molecule has 0 saturated carbocycles. The minimum Gasteiger partial charge on any atom is -0.347 e. The number of benzene rings is 1. The zero-order chi connectivity index (χ0) is 15.5. The summed E-state index contributed by atoms with van der Waals surface area (Å²) in [6.07, 6.45) is 1.59. The molecule has 110 valence electrons. The molecule has 3 rings (SSSR count). The van der Waals surface area contributed by atoms with Gasteiger partial charge in [-0.25, -0.2) is 0 Å². The predicted molar refractivity (Wildman–Crippen MR) is 84.7 cm³/mol. The fourth-order valence-corrected chi connectivity index (χ4v) is 2.25. The number of H-pyrrole nitrogens is 1. The van der Waals surface area contributed by atoms with Crippen LogP contribution in [0.2, 0.25) is 0 Å². The Bertz CT molecular complexity index is 885. The molecule has 0 fully saturated rings. The van der Waals surface area contributed by atoms with E-state index in [4.69, 9.17) is 0 Å². The normalized spacial score (nSPS) is 10.6. The van der Waals surface area contributed by atoms with Gasteiger partial charge in [0.15, 0.2) is 0 Å². The van der Waals surface area contributed by atoms with Crippen LogP contribution in [0.15, 0.2) is 53.5 Å². The van der Waals surface area contributed by atoms with Gasteiger partial charge in [-0.3, -0.25) is 14.6 Å². The number of fused-ring (bicyclic) bond motifs is 1. The molecule has 22 heavy (non-hydrogen) atoms. The average molecular weight is 293 g/mol. The lowest BCUT2D eigenvalue weighted by Crippen LogP contribution is -2.23. The van der Waals surface area contributed by atoms with E-state index in [-0.39, 0.29) is 11.5 Å². The van der Waals surface area contributed by atoms with E-state index < -0.39 is 0 Å². The van der Waals surface area contributed by atoms with Crippen molar-refractivity contribution in [2.24, 2.45) is 0 Å². The highest BCUT2D eigenvalue weighted by Gasteiger charge is 2.06. The summed E-state index contributed by atoms with van der Waals surface area (Å²) < 4.78 is 0. The number of carbonyl (C=O) groups is 1. The van der Waals surface area contributed by atoms with Crippen molar-refractivity contribution < 1.29 is 4.79 Å². The number of pyridine rings is 2. The number of amides is 1. The largest absolute Gasteiger partial charge is 0.347 e. The lowest BCUT2D eigenvalue weighted by atomic mass is 10.1. The molecule has 0 atom stereocenters. The molecule has 5 nitrogen and oxygen atoms in total. The third-order valence-electron chi connectivity index (χ3n) is 3.44. The van der Waals surface area contributed by atoms with Crippen LogP contribution in [0.4, 0.5) is 0 Å². The summed E-state index contributed by atoms with van der Waals surface area (Å²) in [5, 5.41) is 3.78. The van der Waals surface area contributed by atoms with Crippen molar-refractivity contribution in [2.45, 2.75) is 13.5 Å². The average Bonchev–Trinajstić information content (AvgIpc) is 2.54. The highest BCUT2D eigenvalue weighted by Crippen LogP contribution is 2.13. The van der Waals surface area contributed by atoms with Gasteiger partial charge in [-0.05, 0) is 48.2 Å². The summed E-state index contributed by atoms with van der Waals surface area (Å²) in [4.78, 5) is 30.4. The topological polar surface area (TPSA) is 74.8 Å². The minimum absolute atomic E-state index is 0.0799. The Labute approximate surface area is 127 Å². The molecule has 0 bridgehead atoms. The van der Waals surface area contributed by atoms with Crippen LogP contribution in [0.5, 0.6) is 0 Å². The molecule has 5 heteroatoms. The number of aromatic nitrogens is 2. The summed E-state index contributed by atoms with van der Waals surface area (Å²) in [6, 6.07) is 12.7. The SMILES string of the molecule is Cc1cc2cc(CNC(=O)c3ccccn3)ccc2[nH]c1=O. The van der Waals surface area contributed by atoms with E-state index in [0.717, 1.165) is 16.5 Å². The highest BCUT2D eigenvalue weighted by atomic mass is 16.1. The molecule has 0 unspecified atom stereocenters. The standard InChI is InChI=1S/C17H15N3O2/c1-11-8-13-9-12(5-6-14(13)20-16(11)21)10-19-17(22)15-4-2-3-7-18-15/h2-9H,10H2,1H3,(H,19,22)(H,20,21). The molecular formula is C17H15N3O2. The Morgan fingerprint density at radius 1 is 1.23 bits per heavy atom. The van der Waals surface area contributed by atoms with Crippen molar-refractivity contribution in [1.82, 2.24) is 15.3 Å². The second-order valence-corrected chi connectivity index (χ2v) is 5.10. The van der Waals surface area contributed by atoms with Gasteiger partial charge in [0.2, 0.25) is 0 Å². The first-order valence-corrected chi connectivity index (χ1v) is 6.95. The summed E-state index contributed by atoms with van der Waals surface area (Å²) in [5.41, 5.74) is 2.73. The van der Waals surface area contributed by atoms with E-state index in [1.54, 1.807) is 31.3 Å². The summed E-state index contributed by atoms with van der Waals surface area (Å²) in [7, 11) is 0. The van der Waals surface area contributed by atoms with E-state index in [2.05, 4.69) is 15.3 Å². The monoisotopic (exact) mass is 293 g/mol. The van der Waals surface area contributed by atoms with Crippen molar-refractivity contribution in [3.05, 3.63) is 75.8 Å². The molecule has 2 aromatic heterocycles. The minimum atomic E-state index is -0.210. The quantitative estimate of drug-likeness (QED) is 0.777. The Morgan fingerprint density at radius 2 is 2.09 bits per heavy atom. The van der Waals surface area contributed by atoms with Crippen LogP contribution in [0.25, 0.3) is 10.9 Å². The van der Waals surface area contributed by atoms with Crippen molar-refractivity contribution in [2.75, 3.05) is 0 Å². The lowest BCUT2D eigenvalue weighted by Gasteiger charge is -2.06. The second-order valence-electron chi connectivity index (χ2n) is 5.10. The van der Waals surface area contributed by atoms with Gasteiger partial charge in [0.1, 0.15) is 5.69 Å². The Balaban J connectivity index is 1.78. The molecule has 0 spiro atoms. The summed E-state index contributed by atoms with van der Waals surface area (Å²) in [6.45, 7) is 2.18. The lowest BCUT2D eigenvalue weighted by molar-refractivity contribution is 0.0946. The smallest absolute Gasteiger partial charge is 0.270 e. The van der Waals surface area contributed by atoms with Gasteiger partial charge in [0, 0.05) is 23.8 Å². The fraction of sp³-hybridized carbons (Fsp3) is 0.118. The molecule has 2 N–H and O–H groups in total. The molecule has 0 aliphatic heterocycles. The van der Waals surface area contributed by atoms with E-state index in [9.17, 15) is 9.59 Å². The van der Waals surface area contributed by atoms with Crippen LogP contribution in [0.3, 0.4) is 0 Å². The number of hydrogen-bond donors (Lipinski definition) is 2. The zero-order valence-electron chi connectivity index (χ0n) is 12.1. The number of nitrogens with one attached hydrogen (secondary N) is 2. The molecule has 1 aromatic carbocycles. The van der Waals surface area contributed by atoms with E-state index in [1.165, 1.54) is 0 Å². The first-order chi connectivity index (χ1) is 10.6. The van der Waals surface area contributed by atoms with Gasteiger partial charge in [-0.2, -0.15) is 0 Å². The van der Waals surface area contributed by atoms with Crippen LogP contribution < -0.4 is 10.9 Å². The van der Waals surface area contributed by atoms with Crippen LogP contribution >= 0.6 is 0 Å². The molecule has 0 aliphatic carbocycles. The number of aromatic amines is 1. The first kappa shape index (κ1) is 14.0. The summed E-state index contributed by atoms with van der Waals surface area (Å²) >= 11 is 0. The zero-order valence-corrected chi connectivity index (χ0v) is 12.1. The Morgan fingerprint density at radius 3 is 2.86 bits per heavy atom. The van der Waals surface area contributed by atoms with Crippen molar-refractivity contribution in [1.29, 1.82) is 0 Å². The van der Waals surface area contributed by atoms with Crippen LogP contribution in [-0.2, 0) is 6.54 Å². The van der Waals surface area contributed by atoms with Crippen LogP contribution in [-0.4, -0.2) is 15.9 Å². The summed E-state index contributed by atoms with van der Waals surface area (Å²) in [5.74, 6) is -0.210. The molecule has 0 radical (unpaired) electrons. The second kappa shape index (κ2) is 5.81. The van der Waals surface area contributed by atoms with Gasteiger partial charge in [0.25, 0.3) is 11.5 Å². The molecule has 3 aromatic rings. The van der Waals surface area contributed by atoms with E-state index in [1.807, 2.05) is 24.3 Å². The van der Waals surface area contributed by atoms with Crippen LogP contribution in [0, 0.1) is 6.92 Å². The van der Waals surface area contributed by atoms with Gasteiger partial charge in [0.05, 0.1) is 0 Å². The molecule has 0 saturated heterocycles. The fourth-order valence-electron chi connectivity index (χ4n) is 2.25. The van der Waals surface area contributed by atoms with Gasteiger partial charge < -0.3 is 10.3 Å². The van der Waals surface area contributed by atoms with Crippen molar-refractivity contribution >= 4 is 16.8 Å². The molecular weight excluding hydrogens is 278 g/mol. The maximum Gasteiger partial charge on any atom is 0.270 e. The van der Waals surface area contributed by atoms with Gasteiger partial charge in [-0.1, -0.05) is 12.1 Å². The maximum absolute atomic E-state index is 12.0. The Hall–Kier alpha value is -2.95. The van der Waals surface area contributed by atoms with Gasteiger partial charge in [-0.15, -0.1) is 0 Å². The number of rotatable bonds is 3. The van der Waals surface area contributed by atoms with Gasteiger partial charge >= 0.3 is 0 Å². The number of hydrogen-bond acceptors (Lipinski definition) is 3. The van der Waals surface area contributed by atoms with Crippen molar-refractivity contribution in [3.8, 4) is 0 Å². The predicted octanol–water partition coefficient (Wildman–Crippen LogP) is 2.16. The third-order valence-corrected chi connectivity index (χ3v) is 3.44. The van der Waals surface area contributed by atoms with Crippen LogP contribution in [0.1, 0.15) is 21.6 Å².